The second-order valence-electron chi connectivity index (χ2n) is 7.67. The van der Waals surface area contributed by atoms with Crippen LogP contribution in [0.15, 0.2) is 48.6 Å². The first-order valence-electron chi connectivity index (χ1n) is 8.70. The van der Waals surface area contributed by atoms with E-state index in [2.05, 4.69) is 62.5 Å². The van der Waals surface area contributed by atoms with Gasteiger partial charge in [0.1, 0.15) is 0 Å². The minimum atomic E-state index is -0.363. The second-order valence-corrected chi connectivity index (χ2v) is 11.8. The summed E-state index contributed by atoms with van der Waals surface area (Å²) in [5.74, 6) is 5.45. The van der Waals surface area contributed by atoms with Crippen LogP contribution in [-0.2, 0) is 23.2 Å². The zero-order valence-corrected chi connectivity index (χ0v) is 17.9. The first-order valence-corrected chi connectivity index (χ1v) is 11.5. The molecule has 0 aromatic carbocycles. The molecule has 4 aliphatic carbocycles. The number of halogens is 2. The molecule has 0 aromatic rings. The summed E-state index contributed by atoms with van der Waals surface area (Å²) in [6.07, 6.45) is 22.2. The van der Waals surface area contributed by atoms with Gasteiger partial charge in [0, 0.05) is 0 Å². The molecule has 0 heterocycles. The standard InChI is InChI=1S/2C10H13.2ClH.Zr/c2*1-8-6-9-4-2-3-5-10(9)7-8;;;/h2*2-6,8-10H,7H2,1H3;2*1H;/q;;;;+2/p-2. The van der Waals surface area contributed by atoms with Crippen LogP contribution in [0.4, 0.5) is 0 Å². The Hall–Kier alpha value is 0.423. The second kappa shape index (κ2) is 8.20. The Kier molecular flexibility index (Phi) is 7.04. The fraction of sp³-hybridized carbons (Fsp3) is 0.600. The normalized spacial score (nSPS) is 45.7. The summed E-state index contributed by atoms with van der Waals surface area (Å²) in [6, 6.07) is 0. The molecular formula is C20H26Cl2Zr. The van der Waals surface area contributed by atoms with E-state index in [0.717, 1.165) is 42.8 Å². The monoisotopic (exact) mass is 426 g/mol. The zero-order valence-electron chi connectivity index (χ0n) is 13.9. The van der Waals surface area contributed by atoms with Gasteiger partial charge < -0.3 is 24.8 Å². The van der Waals surface area contributed by atoms with Crippen molar-refractivity contribution in [3.63, 3.8) is 0 Å². The van der Waals surface area contributed by atoms with E-state index >= 15 is 0 Å². The first kappa shape index (κ1) is 19.7. The number of allylic oxidation sites excluding steroid dienone is 8. The van der Waals surface area contributed by atoms with Crippen molar-refractivity contribution in [1.29, 1.82) is 0 Å². The van der Waals surface area contributed by atoms with Crippen LogP contribution in [0.25, 0.3) is 0 Å². The molecule has 0 aliphatic heterocycles. The third-order valence-electron chi connectivity index (χ3n) is 6.32. The van der Waals surface area contributed by atoms with E-state index in [1.54, 1.807) is 0 Å². The molecule has 0 spiro atoms. The predicted octanol–water partition coefficient (Wildman–Crippen LogP) is -0.550. The Bertz CT molecular complexity index is 476. The number of fused-ring (bicyclic) bond motifs is 2. The minimum Gasteiger partial charge on any atom is -1.00 e. The van der Waals surface area contributed by atoms with Crippen molar-refractivity contribution in [2.45, 2.75) is 33.9 Å². The summed E-state index contributed by atoms with van der Waals surface area (Å²) >= 11 is -0.363. The number of hydrogen-bond donors (Lipinski definition) is 0. The molecule has 0 radical (unpaired) electrons. The fourth-order valence-electron chi connectivity index (χ4n) is 5.27. The van der Waals surface area contributed by atoms with Crippen molar-refractivity contribution in [3.8, 4) is 0 Å². The third-order valence-corrected chi connectivity index (χ3v) is 12.9. The van der Waals surface area contributed by atoms with Gasteiger partial charge >= 0.3 is 141 Å². The van der Waals surface area contributed by atoms with Crippen molar-refractivity contribution in [2.75, 3.05) is 0 Å². The average Bonchev–Trinajstić information content (AvgIpc) is 2.97. The van der Waals surface area contributed by atoms with E-state index in [9.17, 15) is 0 Å². The van der Waals surface area contributed by atoms with Gasteiger partial charge in [0.25, 0.3) is 0 Å². The molecule has 2 saturated carbocycles. The van der Waals surface area contributed by atoms with Crippen molar-refractivity contribution in [2.24, 2.45) is 35.5 Å². The maximum absolute atomic E-state index is 2.55. The minimum absolute atomic E-state index is 0. The van der Waals surface area contributed by atoms with E-state index in [1.165, 1.54) is 12.8 Å². The van der Waals surface area contributed by atoms with Gasteiger partial charge in [0.15, 0.2) is 0 Å². The van der Waals surface area contributed by atoms with Crippen molar-refractivity contribution < 1.29 is 48.0 Å². The summed E-state index contributed by atoms with van der Waals surface area (Å²) in [5.41, 5.74) is 0. The maximum Gasteiger partial charge on any atom is -1.00 e. The number of rotatable bonds is 2. The van der Waals surface area contributed by atoms with Crippen molar-refractivity contribution >= 4 is 0 Å². The summed E-state index contributed by atoms with van der Waals surface area (Å²) in [6.45, 7) is 5.08. The van der Waals surface area contributed by atoms with Gasteiger partial charge in [0.05, 0.1) is 0 Å². The Morgan fingerprint density at radius 1 is 0.652 bits per heavy atom. The molecule has 0 saturated heterocycles. The van der Waals surface area contributed by atoms with E-state index in [1.807, 2.05) is 0 Å². The molecule has 0 nitrogen and oxygen atoms in total. The summed E-state index contributed by atoms with van der Waals surface area (Å²) in [7, 11) is 0. The van der Waals surface area contributed by atoms with E-state index < -0.39 is 0 Å². The van der Waals surface area contributed by atoms with Crippen LogP contribution >= 0.6 is 0 Å². The molecular weight excluding hydrogens is 402 g/mol. The third kappa shape index (κ3) is 3.68. The van der Waals surface area contributed by atoms with Gasteiger partial charge in [-0.2, -0.15) is 0 Å². The van der Waals surface area contributed by atoms with Gasteiger partial charge in [0.2, 0.25) is 0 Å². The van der Waals surface area contributed by atoms with E-state index in [0.29, 0.717) is 0 Å². The molecule has 0 bridgehead atoms. The number of hydrogen-bond acceptors (Lipinski definition) is 0. The van der Waals surface area contributed by atoms with Crippen LogP contribution in [0, 0.1) is 35.5 Å². The summed E-state index contributed by atoms with van der Waals surface area (Å²) in [5, 5.41) is 0. The molecule has 8 unspecified atom stereocenters. The average molecular weight is 429 g/mol. The van der Waals surface area contributed by atoms with Crippen molar-refractivity contribution in [1.82, 2.24) is 0 Å². The molecule has 0 amide bonds. The first-order chi connectivity index (χ1) is 10.2. The fourth-order valence-corrected chi connectivity index (χ4v) is 11.5. The smallest absolute Gasteiger partial charge is 1.00 e. The van der Waals surface area contributed by atoms with Gasteiger partial charge in [-0.3, -0.25) is 0 Å². The van der Waals surface area contributed by atoms with Gasteiger partial charge in [-0.25, -0.2) is 0 Å². The topological polar surface area (TPSA) is 0 Å². The summed E-state index contributed by atoms with van der Waals surface area (Å²) < 4.78 is 2.15. The van der Waals surface area contributed by atoms with Gasteiger partial charge in [-0.05, 0) is 0 Å². The van der Waals surface area contributed by atoms with Crippen LogP contribution in [0.3, 0.4) is 0 Å². The van der Waals surface area contributed by atoms with Crippen LogP contribution in [0.2, 0.25) is 7.25 Å². The Balaban J connectivity index is 0.000000960. The molecule has 0 aromatic heterocycles. The van der Waals surface area contributed by atoms with Gasteiger partial charge in [-0.15, -0.1) is 0 Å². The molecule has 4 aliphatic rings. The Morgan fingerprint density at radius 3 is 1.48 bits per heavy atom. The van der Waals surface area contributed by atoms with Crippen LogP contribution in [-0.4, -0.2) is 0 Å². The van der Waals surface area contributed by atoms with Crippen LogP contribution in [0.1, 0.15) is 26.7 Å². The largest absolute Gasteiger partial charge is 1.00 e. The van der Waals surface area contributed by atoms with E-state index in [-0.39, 0.29) is 48.0 Å². The molecule has 3 heteroatoms. The predicted molar refractivity (Wildman–Crippen MR) is 85.6 cm³/mol. The van der Waals surface area contributed by atoms with Crippen LogP contribution < -0.4 is 24.8 Å². The molecule has 23 heavy (non-hydrogen) atoms. The van der Waals surface area contributed by atoms with Crippen molar-refractivity contribution in [3.05, 3.63) is 48.6 Å². The molecule has 4 rings (SSSR count). The van der Waals surface area contributed by atoms with Gasteiger partial charge in [-0.1, -0.05) is 0 Å². The Morgan fingerprint density at radius 2 is 1.04 bits per heavy atom. The zero-order chi connectivity index (χ0) is 14.4. The Labute approximate surface area is 165 Å². The molecule has 0 N–H and O–H groups in total. The molecule has 8 atom stereocenters. The summed E-state index contributed by atoms with van der Waals surface area (Å²) in [4.78, 5) is 0. The molecule has 2 fully saturated rings. The SMILES string of the molecule is CC1CC2C=CC=CC2[CH]1[Zr+2][CH]1C(C)CC2C=CC=CC21.[Cl-].[Cl-]. The quantitative estimate of drug-likeness (QED) is 0.554. The molecule has 124 valence electrons. The van der Waals surface area contributed by atoms with E-state index in [4.69, 9.17) is 0 Å². The van der Waals surface area contributed by atoms with Crippen LogP contribution in [0.5, 0.6) is 0 Å². The maximum atomic E-state index is 2.55.